The first-order valence-corrected chi connectivity index (χ1v) is 23.7. The van der Waals surface area contributed by atoms with Gasteiger partial charge in [-0.15, -0.1) is 0 Å². The lowest BCUT2D eigenvalue weighted by Gasteiger charge is -2.45. The van der Waals surface area contributed by atoms with Gasteiger partial charge in [-0.25, -0.2) is 28.7 Å². The molecule has 11 nitrogen and oxygen atoms in total. The molecule has 0 radical (unpaired) electrons. The summed E-state index contributed by atoms with van der Waals surface area (Å²) in [6.07, 6.45) is 4.97. The molecule has 4 aromatic carbocycles. The number of aromatic hydroxyl groups is 1. The third-order valence-corrected chi connectivity index (χ3v) is 13.0. The van der Waals surface area contributed by atoms with Crippen LogP contribution in [0.3, 0.4) is 0 Å². The van der Waals surface area contributed by atoms with Crippen molar-refractivity contribution in [3.05, 3.63) is 148 Å². The fourth-order valence-electron chi connectivity index (χ4n) is 9.27. The largest absolute Gasteiger partial charge is 0.506 e. The number of phenolic OH excluding ortho intramolecular Hbond substituents is 1. The van der Waals surface area contributed by atoms with Crippen LogP contribution in [0.25, 0.3) is 22.5 Å². The highest BCUT2D eigenvalue weighted by atomic mass is 35.5. The second-order valence-corrected chi connectivity index (χ2v) is 18.1. The van der Waals surface area contributed by atoms with E-state index in [0.29, 0.717) is 54.3 Å². The van der Waals surface area contributed by atoms with Crippen molar-refractivity contribution in [2.75, 3.05) is 69.1 Å². The number of anilines is 2. The van der Waals surface area contributed by atoms with Gasteiger partial charge in [0.05, 0.1) is 16.4 Å². The molecule has 66 heavy (non-hydrogen) atoms. The summed E-state index contributed by atoms with van der Waals surface area (Å²) in [5.74, 6) is 0.530. The molecular formula is C52H61ClF2N10O. The predicted octanol–water partition coefficient (Wildman–Crippen LogP) is 9.06. The Hall–Kier alpha value is -5.57. The number of aromatic nitrogens is 4. The monoisotopic (exact) mass is 914 g/mol. The molecule has 2 aromatic heterocycles. The van der Waals surface area contributed by atoms with E-state index in [1.165, 1.54) is 30.5 Å². The number of rotatable bonds is 18. The molecule has 2 aliphatic rings. The van der Waals surface area contributed by atoms with Crippen LogP contribution in [-0.4, -0.2) is 99.8 Å². The summed E-state index contributed by atoms with van der Waals surface area (Å²) in [6.45, 7) is 14.8. The second-order valence-electron chi connectivity index (χ2n) is 17.7. The molecule has 2 saturated heterocycles. The summed E-state index contributed by atoms with van der Waals surface area (Å²) in [4.78, 5) is 27.1. The first-order valence-electron chi connectivity index (χ1n) is 23.3. The molecule has 4 N–H and O–H groups in total. The number of nitrogens with one attached hydrogen (secondary N) is 3. The summed E-state index contributed by atoms with van der Waals surface area (Å²) in [5.41, 5.74) is 8.07. The molecule has 1 unspecified atom stereocenters. The van der Waals surface area contributed by atoms with Crippen molar-refractivity contribution >= 4 is 23.5 Å². The zero-order valence-corrected chi connectivity index (χ0v) is 38.9. The molecule has 6 aromatic rings. The molecule has 4 heterocycles. The van der Waals surface area contributed by atoms with Crippen molar-refractivity contribution in [3.8, 4) is 28.3 Å². The quantitative estimate of drug-likeness (QED) is 0.0662. The Morgan fingerprint density at radius 3 is 2.42 bits per heavy atom. The van der Waals surface area contributed by atoms with E-state index in [1.807, 2.05) is 31.3 Å². The lowest BCUT2D eigenvalue weighted by Crippen LogP contribution is -2.55. The zero-order valence-electron chi connectivity index (χ0n) is 38.2. The standard InChI is InChI=1S/C52H61ClF2N10O/c1-4-63(34-40-9-7-18-56-32-40)33-39-8-5-10-41(25-39)47-16-20-59-52(62-47)65(22-17-38-26-44(54)30-45(55)27-38)50(64-23-21-57-31-36(64)3)43-12-6-11-42(29-43)48-24-35(2)60-51(61-48)58-19-15-37-13-14-49(66)46(53)28-37/h5-6,8,10-14,16,20,24-30,36,40,50,56-57,66H,4,7,9,15,17-19,21-23,31-34H2,1-3H3,(H,58,60,61)/t36-,40-,50?/m0/s1. The SMILES string of the molecule is CCN(Cc1cccc(-c2ccnc(N(CCc3cc(F)cc(F)c3)C(c3cccc(-c4cc(C)nc(NCCc5ccc(O)c(Cl)c5)n4)c3)N3CCNC[C@@H]3C)n2)c1)C[C@H]1CCCNC1. The highest BCUT2D eigenvalue weighted by Gasteiger charge is 2.34. The number of benzene rings is 4. The summed E-state index contributed by atoms with van der Waals surface area (Å²) >= 11 is 6.16. The summed E-state index contributed by atoms with van der Waals surface area (Å²) in [6, 6.07) is 30.1. The average molecular weight is 916 g/mol. The van der Waals surface area contributed by atoms with E-state index < -0.39 is 11.6 Å². The number of piperidine rings is 1. The van der Waals surface area contributed by atoms with Gasteiger partial charge < -0.3 is 26.0 Å². The smallest absolute Gasteiger partial charge is 0.227 e. The van der Waals surface area contributed by atoms with E-state index in [1.54, 1.807) is 12.1 Å². The Morgan fingerprint density at radius 1 is 0.848 bits per heavy atom. The Balaban J connectivity index is 1.13. The number of hydrogen-bond acceptors (Lipinski definition) is 11. The van der Waals surface area contributed by atoms with Gasteiger partial charge in [-0.1, -0.05) is 61.0 Å². The number of piperazine rings is 1. The molecule has 0 aliphatic carbocycles. The van der Waals surface area contributed by atoms with Crippen molar-refractivity contribution in [3.63, 3.8) is 0 Å². The molecule has 2 aliphatic heterocycles. The molecule has 0 amide bonds. The third kappa shape index (κ3) is 12.2. The molecule has 3 atom stereocenters. The van der Waals surface area contributed by atoms with Gasteiger partial charge in [-0.2, -0.15) is 0 Å². The maximum Gasteiger partial charge on any atom is 0.227 e. The first-order chi connectivity index (χ1) is 32.1. The fourth-order valence-corrected chi connectivity index (χ4v) is 9.47. The second kappa shape index (κ2) is 22.3. The minimum absolute atomic E-state index is 0.0557. The number of halogens is 3. The lowest BCUT2D eigenvalue weighted by molar-refractivity contribution is 0.112. The lowest BCUT2D eigenvalue weighted by atomic mass is 9.98. The number of hydrogen-bond donors (Lipinski definition) is 4. The fraction of sp³-hybridized carbons (Fsp3) is 0.385. The van der Waals surface area contributed by atoms with Crippen molar-refractivity contribution in [2.45, 2.75) is 65.2 Å². The van der Waals surface area contributed by atoms with Crippen LogP contribution in [0.15, 0.2) is 103 Å². The Morgan fingerprint density at radius 2 is 1.65 bits per heavy atom. The van der Waals surface area contributed by atoms with Gasteiger partial charge in [0.15, 0.2) is 0 Å². The van der Waals surface area contributed by atoms with Crippen LogP contribution in [0.1, 0.15) is 60.8 Å². The summed E-state index contributed by atoms with van der Waals surface area (Å²) in [7, 11) is 0. The molecule has 8 rings (SSSR count). The van der Waals surface area contributed by atoms with Crippen molar-refractivity contribution in [2.24, 2.45) is 5.92 Å². The number of phenols is 1. The van der Waals surface area contributed by atoms with E-state index in [-0.39, 0.29) is 18.0 Å². The molecular weight excluding hydrogens is 854 g/mol. The van der Waals surface area contributed by atoms with Gasteiger partial charge in [0.25, 0.3) is 0 Å². The van der Waals surface area contributed by atoms with E-state index in [4.69, 9.17) is 31.5 Å². The minimum Gasteiger partial charge on any atom is -0.506 e. The van der Waals surface area contributed by atoms with E-state index >= 15 is 0 Å². The van der Waals surface area contributed by atoms with Gasteiger partial charge in [0.2, 0.25) is 11.9 Å². The summed E-state index contributed by atoms with van der Waals surface area (Å²) in [5, 5.41) is 20.7. The van der Waals surface area contributed by atoms with Crippen molar-refractivity contribution in [1.82, 2.24) is 40.4 Å². The normalized spacial score (nSPS) is 17.2. The maximum absolute atomic E-state index is 14.6. The number of nitrogens with zero attached hydrogens (tertiary/aromatic N) is 7. The van der Waals surface area contributed by atoms with Gasteiger partial charge in [0.1, 0.15) is 23.5 Å². The van der Waals surface area contributed by atoms with Crippen molar-refractivity contribution < 1.29 is 13.9 Å². The molecule has 14 heteroatoms. The van der Waals surface area contributed by atoms with E-state index in [0.717, 1.165) is 97.8 Å². The highest BCUT2D eigenvalue weighted by molar-refractivity contribution is 6.32. The van der Waals surface area contributed by atoms with Crippen LogP contribution in [0.2, 0.25) is 5.02 Å². The molecule has 2 fully saturated rings. The van der Waals surface area contributed by atoms with Crippen LogP contribution < -0.4 is 20.9 Å². The van der Waals surface area contributed by atoms with Gasteiger partial charge in [0, 0.05) is 80.9 Å². The van der Waals surface area contributed by atoms with Crippen LogP contribution in [0, 0.1) is 24.5 Å². The van der Waals surface area contributed by atoms with E-state index in [9.17, 15) is 13.9 Å². The molecule has 0 spiro atoms. The van der Waals surface area contributed by atoms with Crippen LogP contribution in [-0.2, 0) is 19.4 Å². The molecule has 346 valence electrons. The third-order valence-electron chi connectivity index (χ3n) is 12.7. The first kappa shape index (κ1) is 46.9. The van der Waals surface area contributed by atoms with Crippen molar-refractivity contribution in [1.29, 1.82) is 0 Å². The molecule has 0 bridgehead atoms. The topological polar surface area (TPSA) is 118 Å². The predicted molar refractivity (Wildman–Crippen MR) is 261 cm³/mol. The maximum atomic E-state index is 14.6. The van der Waals surface area contributed by atoms with Crippen LogP contribution in [0.5, 0.6) is 5.75 Å². The van der Waals surface area contributed by atoms with Crippen LogP contribution in [0.4, 0.5) is 20.7 Å². The summed E-state index contributed by atoms with van der Waals surface area (Å²) < 4.78 is 29.3. The Kier molecular flexibility index (Phi) is 15.8. The minimum atomic E-state index is -0.606. The Bertz CT molecular complexity index is 2540. The number of aryl methyl sites for hydroxylation is 1. The molecule has 0 saturated carbocycles. The van der Waals surface area contributed by atoms with Crippen LogP contribution >= 0.6 is 11.6 Å². The zero-order chi connectivity index (χ0) is 46.0. The highest BCUT2D eigenvalue weighted by Crippen LogP contribution is 2.35. The average Bonchev–Trinajstić information content (AvgIpc) is 3.32. The van der Waals surface area contributed by atoms with Gasteiger partial charge in [-0.05, 0) is 136 Å². The Labute approximate surface area is 392 Å². The van der Waals surface area contributed by atoms with Gasteiger partial charge in [-0.3, -0.25) is 9.80 Å². The van der Waals surface area contributed by atoms with E-state index in [2.05, 4.69) is 93.0 Å². The van der Waals surface area contributed by atoms with Gasteiger partial charge >= 0.3 is 0 Å².